The Labute approximate surface area is 145 Å². The summed E-state index contributed by atoms with van der Waals surface area (Å²) < 4.78 is 28.1. The van der Waals surface area contributed by atoms with Crippen LogP contribution in [0.15, 0.2) is 41.4 Å². The smallest absolute Gasteiger partial charge is 0.241 e. The molecular weight excluding hydrogens is 320 g/mol. The second-order valence-electron chi connectivity index (χ2n) is 7.16. The fourth-order valence-corrected chi connectivity index (χ4v) is 4.22. The number of sulfonamides is 1. The van der Waals surface area contributed by atoms with E-state index in [9.17, 15) is 8.42 Å². The molecule has 0 unspecified atom stereocenters. The molecule has 0 aliphatic rings. The van der Waals surface area contributed by atoms with Crippen LogP contribution in [-0.4, -0.2) is 19.9 Å². The fraction of sp³-hybridized carbons (Fsp3) is 0.421. The monoisotopic (exact) mass is 346 g/mol. The average Bonchev–Trinajstić information content (AvgIpc) is 2.46. The topological polar surface area (TPSA) is 59.1 Å². The second kappa shape index (κ2) is 7.03. The Morgan fingerprint density at radius 2 is 1.71 bits per heavy atom. The van der Waals surface area contributed by atoms with Crippen LogP contribution in [0.4, 0.5) is 0 Å². The van der Waals surface area contributed by atoms with Crippen molar-refractivity contribution in [2.75, 3.05) is 6.54 Å². The van der Waals surface area contributed by atoms with Gasteiger partial charge in [0.25, 0.3) is 0 Å². The average molecular weight is 346 g/mol. The van der Waals surface area contributed by atoms with Gasteiger partial charge in [0.1, 0.15) is 0 Å². The maximum atomic E-state index is 12.7. The van der Waals surface area contributed by atoms with Gasteiger partial charge in [-0.3, -0.25) is 4.98 Å². The summed E-state index contributed by atoms with van der Waals surface area (Å²) in [6.45, 7) is 10.4. The van der Waals surface area contributed by atoms with Crippen molar-refractivity contribution in [3.63, 3.8) is 0 Å². The third-order valence-electron chi connectivity index (χ3n) is 3.99. The predicted molar refractivity (Wildman–Crippen MR) is 97.7 cm³/mol. The Morgan fingerprint density at radius 1 is 1.08 bits per heavy atom. The van der Waals surface area contributed by atoms with Crippen molar-refractivity contribution in [1.82, 2.24) is 9.71 Å². The van der Waals surface area contributed by atoms with E-state index in [1.54, 1.807) is 6.20 Å². The van der Waals surface area contributed by atoms with Crippen LogP contribution in [0.5, 0.6) is 0 Å². The Bertz CT molecular complexity index is 784. The molecule has 130 valence electrons. The largest absolute Gasteiger partial charge is 0.261 e. The van der Waals surface area contributed by atoms with Crippen LogP contribution in [0.2, 0.25) is 0 Å². The van der Waals surface area contributed by atoms with E-state index >= 15 is 0 Å². The van der Waals surface area contributed by atoms with Gasteiger partial charge in [-0.1, -0.05) is 39.0 Å². The first-order chi connectivity index (χ1) is 11.1. The maximum absolute atomic E-state index is 12.7. The number of hydrogen-bond acceptors (Lipinski definition) is 3. The van der Waals surface area contributed by atoms with E-state index in [0.29, 0.717) is 17.9 Å². The highest BCUT2D eigenvalue weighted by molar-refractivity contribution is 7.89. The van der Waals surface area contributed by atoms with Gasteiger partial charge in [0, 0.05) is 24.9 Å². The van der Waals surface area contributed by atoms with E-state index in [2.05, 4.69) is 30.5 Å². The van der Waals surface area contributed by atoms with Gasteiger partial charge in [0.2, 0.25) is 10.0 Å². The third kappa shape index (κ3) is 4.42. The number of benzene rings is 1. The molecule has 4 nitrogen and oxygen atoms in total. The molecule has 1 heterocycles. The molecule has 0 bridgehead atoms. The lowest BCUT2D eigenvalue weighted by Gasteiger charge is -2.22. The lowest BCUT2D eigenvalue weighted by atomic mass is 9.85. The van der Waals surface area contributed by atoms with E-state index in [0.717, 1.165) is 22.4 Å². The van der Waals surface area contributed by atoms with Gasteiger partial charge in [-0.25, -0.2) is 13.1 Å². The lowest BCUT2D eigenvalue weighted by molar-refractivity contribution is 0.576. The van der Waals surface area contributed by atoms with E-state index in [4.69, 9.17) is 0 Å². The van der Waals surface area contributed by atoms with E-state index in [-0.39, 0.29) is 5.41 Å². The molecule has 0 radical (unpaired) electrons. The summed E-state index contributed by atoms with van der Waals surface area (Å²) in [7, 11) is -3.53. The van der Waals surface area contributed by atoms with Gasteiger partial charge >= 0.3 is 0 Å². The third-order valence-corrected chi connectivity index (χ3v) is 5.76. The van der Waals surface area contributed by atoms with Crippen molar-refractivity contribution < 1.29 is 8.42 Å². The molecule has 0 aliphatic carbocycles. The van der Waals surface area contributed by atoms with Crippen LogP contribution in [0.3, 0.4) is 0 Å². The zero-order chi connectivity index (χ0) is 18.0. The molecule has 0 aliphatic heterocycles. The van der Waals surface area contributed by atoms with Crippen LogP contribution >= 0.6 is 0 Å². The first kappa shape index (κ1) is 18.6. The number of pyridine rings is 1. The predicted octanol–water partition coefficient (Wildman–Crippen LogP) is 3.52. The molecule has 1 N–H and O–H groups in total. The molecule has 2 rings (SSSR count). The molecular formula is C19H26N2O2S. The number of rotatable bonds is 5. The van der Waals surface area contributed by atoms with Crippen molar-refractivity contribution in [3.05, 3.63) is 58.9 Å². The summed E-state index contributed by atoms with van der Waals surface area (Å²) in [5.41, 5.74) is 3.57. The van der Waals surface area contributed by atoms with Gasteiger partial charge in [-0.15, -0.1) is 0 Å². The van der Waals surface area contributed by atoms with Gasteiger partial charge in [-0.2, -0.15) is 0 Å². The molecule has 0 spiro atoms. The maximum Gasteiger partial charge on any atom is 0.241 e. The van der Waals surface area contributed by atoms with Crippen LogP contribution in [0.25, 0.3) is 0 Å². The summed E-state index contributed by atoms with van der Waals surface area (Å²) in [6.07, 6.45) is 2.28. The highest BCUT2D eigenvalue weighted by atomic mass is 32.2. The summed E-state index contributed by atoms with van der Waals surface area (Å²) >= 11 is 0. The molecule has 5 heteroatoms. The molecule has 0 atom stereocenters. The van der Waals surface area contributed by atoms with Crippen LogP contribution in [0.1, 0.15) is 43.2 Å². The first-order valence-electron chi connectivity index (χ1n) is 8.12. The quantitative estimate of drug-likeness (QED) is 0.901. The molecule has 1 aromatic heterocycles. The summed E-state index contributed by atoms with van der Waals surface area (Å²) in [6, 6.07) is 9.58. The molecule has 24 heavy (non-hydrogen) atoms. The highest BCUT2D eigenvalue weighted by Gasteiger charge is 2.22. The van der Waals surface area contributed by atoms with Crippen LogP contribution in [0, 0.1) is 13.8 Å². The molecule has 0 saturated carbocycles. The van der Waals surface area contributed by atoms with Crippen molar-refractivity contribution in [2.45, 2.75) is 51.3 Å². The molecule has 0 fully saturated rings. The van der Waals surface area contributed by atoms with Crippen molar-refractivity contribution in [1.29, 1.82) is 0 Å². The van der Waals surface area contributed by atoms with Gasteiger partial charge in [-0.05, 0) is 48.1 Å². The van der Waals surface area contributed by atoms with Crippen LogP contribution in [-0.2, 0) is 21.9 Å². The molecule has 0 saturated heterocycles. The zero-order valence-corrected chi connectivity index (χ0v) is 15.9. The second-order valence-corrected chi connectivity index (χ2v) is 8.86. The minimum Gasteiger partial charge on any atom is -0.261 e. The standard InChI is InChI=1S/C19H26N2O2S/c1-14-12-16(19(3,4)5)13-15(2)18(14)24(22,23)21-11-9-17-8-6-7-10-20-17/h6-8,10,12-13,21H,9,11H2,1-5H3. The number of hydrogen-bond donors (Lipinski definition) is 1. The molecule has 2 aromatic rings. The Hall–Kier alpha value is -1.72. The van der Waals surface area contributed by atoms with E-state index in [1.165, 1.54) is 0 Å². The van der Waals surface area contributed by atoms with Crippen LogP contribution < -0.4 is 4.72 Å². The Kier molecular flexibility index (Phi) is 5.45. The number of nitrogens with zero attached hydrogens (tertiary/aromatic N) is 1. The number of aryl methyl sites for hydroxylation is 2. The van der Waals surface area contributed by atoms with Gasteiger partial charge in [0.15, 0.2) is 0 Å². The summed E-state index contributed by atoms with van der Waals surface area (Å²) in [5, 5.41) is 0. The number of nitrogens with one attached hydrogen (secondary N) is 1. The molecule has 0 amide bonds. The zero-order valence-electron chi connectivity index (χ0n) is 15.1. The molecule has 1 aromatic carbocycles. The Balaban J connectivity index is 2.20. The minimum absolute atomic E-state index is 0.00970. The van der Waals surface area contributed by atoms with E-state index < -0.39 is 10.0 Å². The Morgan fingerprint density at radius 3 is 2.21 bits per heavy atom. The minimum atomic E-state index is -3.53. The van der Waals surface area contributed by atoms with Crippen molar-refractivity contribution >= 4 is 10.0 Å². The summed E-state index contributed by atoms with van der Waals surface area (Å²) in [5.74, 6) is 0. The number of aromatic nitrogens is 1. The van der Waals surface area contributed by atoms with Crippen molar-refractivity contribution in [3.8, 4) is 0 Å². The van der Waals surface area contributed by atoms with Crippen molar-refractivity contribution in [2.24, 2.45) is 0 Å². The SMILES string of the molecule is Cc1cc(C(C)(C)C)cc(C)c1S(=O)(=O)NCCc1ccccn1. The first-order valence-corrected chi connectivity index (χ1v) is 9.61. The normalized spacial score (nSPS) is 12.4. The van der Waals surface area contributed by atoms with Gasteiger partial charge in [0.05, 0.1) is 4.90 Å². The van der Waals surface area contributed by atoms with Gasteiger partial charge < -0.3 is 0 Å². The fourth-order valence-electron chi connectivity index (χ4n) is 2.74. The lowest BCUT2D eigenvalue weighted by Crippen LogP contribution is -2.28. The highest BCUT2D eigenvalue weighted by Crippen LogP contribution is 2.29. The summed E-state index contributed by atoms with van der Waals surface area (Å²) in [4.78, 5) is 4.60. The van der Waals surface area contributed by atoms with E-state index in [1.807, 2.05) is 44.2 Å².